The molecular formula is C9H15FINO2. The summed E-state index contributed by atoms with van der Waals surface area (Å²) in [4.78, 5) is 11.1. The van der Waals surface area contributed by atoms with E-state index in [4.69, 9.17) is 4.74 Å². The smallest absolute Gasteiger partial charge is 0.407 e. The zero-order valence-electron chi connectivity index (χ0n) is 8.56. The number of carbonyl (C=O) groups excluding carboxylic acids is 1. The minimum absolute atomic E-state index is 0.189. The highest BCUT2D eigenvalue weighted by atomic mass is 127. The molecule has 0 atom stereocenters. The topological polar surface area (TPSA) is 38.3 Å². The highest BCUT2D eigenvalue weighted by Crippen LogP contribution is 2.06. The molecule has 0 aliphatic rings. The molecule has 5 heteroatoms. The fraction of sp³-hybridized carbons (Fsp3) is 0.667. The van der Waals surface area contributed by atoms with Gasteiger partial charge in [-0.05, 0) is 26.3 Å². The van der Waals surface area contributed by atoms with Crippen molar-refractivity contribution in [1.29, 1.82) is 0 Å². The van der Waals surface area contributed by atoms with Gasteiger partial charge >= 0.3 is 6.09 Å². The second-order valence-electron chi connectivity index (χ2n) is 3.76. The number of hydrogen-bond acceptors (Lipinski definition) is 2. The number of alkyl carbamates (subject to hydrolysis) is 1. The van der Waals surface area contributed by atoms with E-state index in [2.05, 4.69) is 5.32 Å². The average molecular weight is 315 g/mol. The molecule has 0 aromatic carbocycles. The van der Waals surface area contributed by atoms with Gasteiger partial charge in [-0.2, -0.15) is 0 Å². The second kappa shape index (κ2) is 6.21. The lowest BCUT2D eigenvalue weighted by molar-refractivity contribution is 0.0532. The van der Waals surface area contributed by atoms with Gasteiger partial charge in [0.2, 0.25) is 0 Å². The van der Waals surface area contributed by atoms with Crippen LogP contribution in [-0.4, -0.2) is 22.7 Å². The second-order valence-corrected chi connectivity index (χ2v) is 4.52. The maximum Gasteiger partial charge on any atom is 0.407 e. The van der Waals surface area contributed by atoms with Gasteiger partial charge in [-0.3, -0.25) is 0 Å². The molecule has 0 radical (unpaired) electrons. The Bertz CT molecular complexity index is 223. The molecule has 0 aromatic heterocycles. The van der Waals surface area contributed by atoms with Crippen molar-refractivity contribution in [3.63, 3.8) is 0 Å². The summed E-state index contributed by atoms with van der Waals surface area (Å²) in [6.45, 7) is 5.51. The van der Waals surface area contributed by atoms with E-state index in [0.717, 1.165) is 0 Å². The van der Waals surface area contributed by atoms with Gasteiger partial charge in [0, 0.05) is 11.0 Å². The zero-order valence-corrected chi connectivity index (χ0v) is 10.7. The van der Waals surface area contributed by atoms with E-state index in [0.29, 0.717) is 16.3 Å². The van der Waals surface area contributed by atoms with Gasteiger partial charge < -0.3 is 10.1 Å². The summed E-state index contributed by atoms with van der Waals surface area (Å²) in [5.41, 5.74) is 0.00466. The van der Waals surface area contributed by atoms with Gasteiger partial charge in [0.15, 0.2) is 0 Å². The maximum atomic E-state index is 12.1. The predicted molar refractivity (Wildman–Crippen MR) is 62.3 cm³/mol. The number of amides is 1. The largest absolute Gasteiger partial charge is 0.444 e. The van der Waals surface area contributed by atoms with Gasteiger partial charge in [-0.25, -0.2) is 9.18 Å². The Morgan fingerprint density at radius 1 is 1.57 bits per heavy atom. The molecule has 0 aliphatic carbocycles. The Balaban J connectivity index is 3.86. The minimum Gasteiger partial charge on any atom is -0.444 e. The fourth-order valence-electron chi connectivity index (χ4n) is 0.615. The van der Waals surface area contributed by atoms with Crippen LogP contribution < -0.4 is 5.32 Å². The lowest BCUT2D eigenvalue weighted by Gasteiger charge is -2.19. The third-order valence-corrected chi connectivity index (χ3v) is 2.16. The van der Waals surface area contributed by atoms with Crippen molar-refractivity contribution >= 4 is 28.7 Å². The molecule has 0 bridgehead atoms. The zero-order chi connectivity index (χ0) is 11.2. The van der Waals surface area contributed by atoms with Crippen LogP contribution in [0.3, 0.4) is 0 Å². The van der Waals surface area contributed by atoms with Crippen LogP contribution in [0.25, 0.3) is 0 Å². The standard InChI is InChI=1S/C9H15FINO2/c1-9(2,3)14-8(13)12-6-7(4-10)5-11/h4H,5-6H2,1-3H3,(H,12,13)/b7-4+. The van der Waals surface area contributed by atoms with Crippen molar-refractivity contribution in [2.45, 2.75) is 26.4 Å². The molecule has 0 spiro atoms. The number of nitrogens with one attached hydrogen (secondary N) is 1. The highest BCUT2D eigenvalue weighted by molar-refractivity contribution is 14.1. The van der Waals surface area contributed by atoms with Crippen LogP contribution in [-0.2, 0) is 4.74 Å². The van der Waals surface area contributed by atoms with E-state index < -0.39 is 11.7 Å². The van der Waals surface area contributed by atoms with Gasteiger partial charge in [0.05, 0.1) is 6.33 Å². The molecule has 1 N–H and O–H groups in total. The Hall–Kier alpha value is -0.330. The van der Waals surface area contributed by atoms with Crippen molar-refractivity contribution in [1.82, 2.24) is 5.32 Å². The minimum atomic E-state index is -0.526. The first-order chi connectivity index (χ1) is 6.39. The Labute approximate surface area is 97.2 Å². The fourth-order valence-corrected chi connectivity index (χ4v) is 1.05. The molecule has 3 nitrogen and oxygen atoms in total. The van der Waals surface area contributed by atoms with Crippen LogP contribution in [0.2, 0.25) is 0 Å². The first kappa shape index (κ1) is 13.7. The summed E-state index contributed by atoms with van der Waals surface area (Å²) in [5.74, 6) is 0. The van der Waals surface area contributed by atoms with Gasteiger partial charge in [-0.15, -0.1) is 0 Å². The Kier molecular flexibility index (Phi) is 6.06. The number of hydrogen-bond donors (Lipinski definition) is 1. The van der Waals surface area contributed by atoms with Crippen LogP contribution in [0.15, 0.2) is 11.9 Å². The maximum absolute atomic E-state index is 12.1. The molecule has 82 valence electrons. The van der Waals surface area contributed by atoms with Crippen LogP contribution >= 0.6 is 22.6 Å². The quantitative estimate of drug-likeness (QED) is 0.642. The number of halogens is 2. The molecule has 0 unspecified atom stereocenters. The van der Waals surface area contributed by atoms with E-state index in [-0.39, 0.29) is 6.54 Å². The van der Waals surface area contributed by atoms with Crippen LogP contribution in [0.1, 0.15) is 20.8 Å². The van der Waals surface area contributed by atoms with Gasteiger partial charge in [0.1, 0.15) is 5.60 Å². The third kappa shape index (κ3) is 7.11. The molecule has 0 saturated carbocycles. The number of rotatable bonds is 3. The highest BCUT2D eigenvalue weighted by Gasteiger charge is 2.15. The summed E-state index contributed by atoms with van der Waals surface area (Å²) in [7, 11) is 0. The monoisotopic (exact) mass is 315 g/mol. The Morgan fingerprint density at radius 2 is 2.14 bits per heavy atom. The summed E-state index contributed by atoms with van der Waals surface area (Å²) in [6, 6.07) is 0. The first-order valence-electron chi connectivity index (χ1n) is 4.20. The van der Waals surface area contributed by atoms with Crippen molar-refractivity contribution in [2.24, 2.45) is 0 Å². The molecule has 0 fully saturated rings. The molecular weight excluding hydrogens is 300 g/mol. The average Bonchev–Trinajstić information content (AvgIpc) is 2.03. The number of alkyl halides is 1. The summed E-state index contributed by atoms with van der Waals surface area (Å²) >= 11 is 2.02. The molecule has 14 heavy (non-hydrogen) atoms. The molecule has 0 aliphatic heterocycles. The van der Waals surface area contributed by atoms with Crippen LogP contribution in [0.5, 0.6) is 0 Å². The van der Waals surface area contributed by atoms with E-state index in [9.17, 15) is 9.18 Å². The summed E-state index contributed by atoms with van der Waals surface area (Å²) < 4.78 is 17.6. The number of carbonyl (C=O) groups is 1. The van der Waals surface area contributed by atoms with E-state index in [1.165, 1.54) is 0 Å². The lowest BCUT2D eigenvalue weighted by atomic mass is 10.2. The SMILES string of the molecule is CC(C)(C)OC(=O)NC/C(=C/F)CI. The lowest BCUT2D eigenvalue weighted by Crippen LogP contribution is -2.33. The van der Waals surface area contributed by atoms with Crippen molar-refractivity contribution in [2.75, 3.05) is 11.0 Å². The molecule has 0 heterocycles. The van der Waals surface area contributed by atoms with Gasteiger partial charge in [0.25, 0.3) is 0 Å². The van der Waals surface area contributed by atoms with E-state index >= 15 is 0 Å². The predicted octanol–water partition coefficient (Wildman–Crippen LogP) is 2.80. The normalized spacial score (nSPS) is 12.5. The molecule has 1 amide bonds. The van der Waals surface area contributed by atoms with E-state index in [1.807, 2.05) is 22.6 Å². The van der Waals surface area contributed by atoms with Crippen molar-refractivity contribution < 1.29 is 13.9 Å². The van der Waals surface area contributed by atoms with Crippen LogP contribution in [0, 0.1) is 0 Å². The molecule has 0 aromatic rings. The molecule has 0 saturated heterocycles. The summed E-state index contributed by atoms with van der Waals surface area (Å²) in [5, 5.41) is 2.47. The van der Waals surface area contributed by atoms with Crippen LogP contribution in [0.4, 0.5) is 9.18 Å². The van der Waals surface area contributed by atoms with Gasteiger partial charge in [-0.1, -0.05) is 22.6 Å². The third-order valence-electron chi connectivity index (χ3n) is 1.18. The molecule has 0 rings (SSSR count). The van der Waals surface area contributed by atoms with E-state index in [1.54, 1.807) is 20.8 Å². The number of ether oxygens (including phenoxy) is 1. The Morgan fingerprint density at radius 3 is 2.50 bits per heavy atom. The first-order valence-corrected chi connectivity index (χ1v) is 5.72. The van der Waals surface area contributed by atoms with Crippen molar-refractivity contribution in [3.05, 3.63) is 11.9 Å². The van der Waals surface area contributed by atoms with Crippen molar-refractivity contribution in [3.8, 4) is 0 Å². The summed E-state index contributed by atoms with van der Waals surface area (Å²) in [6.07, 6.45) is -0.0224.